The number of nitrogens with zero attached hydrogens (tertiary/aromatic N) is 1. The number of benzene rings is 1. The molecule has 0 bridgehead atoms. The zero-order chi connectivity index (χ0) is 20.6. The van der Waals surface area contributed by atoms with Crippen molar-refractivity contribution in [3.63, 3.8) is 0 Å². The maximum atomic E-state index is 12.8. The molecule has 2 rings (SSSR count). The van der Waals surface area contributed by atoms with E-state index in [1.807, 2.05) is 25.1 Å². The Morgan fingerprint density at radius 3 is 2.54 bits per heavy atom. The lowest BCUT2D eigenvalue weighted by molar-refractivity contribution is -0.182. The second-order valence-electron chi connectivity index (χ2n) is 7.02. The van der Waals surface area contributed by atoms with Crippen LogP contribution in [0.25, 0.3) is 0 Å². The van der Waals surface area contributed by atoms with E-state index in [4.69, 9.17) is 0 Å². The fourth-order valence-electron chi connectivity index (χ4n) is 3.39. The second-order valence-corrected chi connectivity index (χ2v) is 7.02. The highest BCUT2D eigenvalue weighted by Gasteiger charge is 2.41. The van der Waals surface area contributed by atoms with Crippen molar-refractivity contribution in [3.8, 4) is 0 Å². The van der Waals surface area contributed by atoms with Crippen LogP contribution in [0.1, 0.15) is 48.5 Å². The van der Waals surface area contributed by atoms with Crippen LogP contribution in [0.4, 0.5) is 13.2 Å². The number of halogens is 3. The zero-order valence-electron chi connectivity index (χ0n) is 16.4. The van der Waals surface area contributed by atoms with Crippen LogP contribution in [0, 0.1) is 5.92 Å². The van der Waals surface area contributed by atoms with Gasteiger partial charge in [-0.2, -0.15) is 13.2 Å². The summed E-state index contributed by atoms with van der Waals surface area (Å²) in [6.07, 6.45) is -2.12. The molecule has 0 unspecified atom stereocenters. The molecule has 3 N–H and O–H groups in total. The number of hydrogen-bond donors (Lipinski definition) is 3. The van der Waals surface area contributed by atoms with Gasteiger partial charge in [0.1, 0.15) is 0 Å². The van der Waals surface area contributed by atoms with Gasteiger partial charge in [-0.15, -0.1) is 0 Å². The Morgan fingerprint density at radius 2 is 1.93 bits per heavy atom. The first-order valence-corrected chi connectivity index (χ1v) is 9.76. The summed E-state index contributed by atoms with van der Waals surface area (Å²) in [6, 6.07) is 7.39. The van der Waals surface area contributed by atoms with E-state index in [1.54, 1.807) is 13.1 Å². The minimum Gasteiger partial charge on any atom is -0.357 e. The topological polar surface area (TPSA) is 65.5 Å². The van der Waals surface area contributed by atoms with E-state index < -0.39 is 12.1 Å². The van der Waals surface area contributed by atoms with E-state index in [1.165, 1.54) is 0 Å². The molecule has 8 heteroatoms. The maximum Gasteiger partial charge on any atom is 0.391 e. The SMILES string of the molecule is CCNC(=NCCc1cccc(C(=O)NC)c1)NC1CCC(C(F)(F)F)CC1. The largest absolute Gasteiger partial charge is 0.391 e. The molecule has 0 aromatic heterocycles. The smallest absolute Gasteiger partial charge is 0.357 e. The van der Waals surface area contributed by atoms with Crippen molar-refractivity contribution in [3.05, 3.63) is 35.4 Å². The summed E-state index contributed by atoms with van der Waals surface area (Å²) in [5.74, 6) is -0.687. The molecule has 0 aliphatic heterocycles. The van der Waals surface area contributed by atoms with Crippen molar-refractivity contribution in [2.75, 3.05) is 20.1 Å². The molecule has 1 aliphatic carbocycles. The van der Waals surface area contributed by atoms with Gasteiger partial charge in [0, 0.05) is 31.7 Å². The number of carbonyl (C=O) groups excluding carboxylic acids is 1. The molecular formula is C20H29F3N4O. The molecule has 28 heavy (non-hydrogen) atoms. The molecule has 0 radical (unpaired) electrons. The van der Waals surface area contributed by atoms with Gasteiger partial charge in [0.25, 0.3) is 5.91 Å². The monoisotopic (exact) mass is 398 g/mol. The van der Waals surface area contributed by atoms with Crippen LogP contribution in [0.15, 0.2) is 29.3 Å². The maximum absolute atomic E-state index is 12.8. The van der Waals surface area contributed by atoms with E-state index in [9.17, 15) is 18.0 Å². The number of amides is 1. The number of rotatable bonds is 6. The lowest BCUT2D eigenvalue weighted by Crippen LogP contribution is -2.45. The Hall–Kier alpha value is -2.25. The lowest BCUT2D eigenvalue weighted by Gasteiger charge is -2.31. The summed E-state index contributed by atoms with van der Waals surface area (Å²) in [5.41, 5.74) is 1.61. The van der Waals surface area contributed by atoms with Gasteiger partial charge in [-0.1, -0.05) is 12.1 Å². The summed E-state index contributed by atoms with van der Waals surface area (Å²) >= 11 is 0. The van der Waals surface area contributed by atoms with Crippen LogP contribution in [0.2, 0.25) is 0 Å². The summed E-state index contributed by atoms with van der Waals surface area (Å²) in [4.78, 5) is 16.2. The number of nitrogens with one attached hydrogen (secondary N) is 3. The van der Waals surface area contributed by atoms with Crippen LogP contribution in [0.3, 0.4) is 0 Å². The third kappa shape index (κ3) is 6.73. The molecule has 1 saturated carbocycles. The van der Waals surface area contributed by atoms with Crippen molar-refractivity contribution >= 4 is 11.9 Å². The van der Waals surface area contributed by atoms with Gasteiger partial charge < -0.3 is 16.0 Å². The van der Waals surface area contributed by atoms with Crippen LogP contribution < -0.4 is 16.0 Å². The van der Waals surface area contributed by atoms with Crippen molar-refractivity contribution in [2.45, 2.75) is 51.2 Å². The molecule has 1 aliphatic rings. The number of aliphatic imine (C=N–C) groups is 1. The molecule has 1 amide bonds. The fourth-order valence-corrected chi connectivity index (χ4v) is 3.39. The van der Waals surface area contributed by atoms with Crippen LogP contribution >= 0.6 is 0 Å². The van der Waals surface area contributed by atoms with Gasteiger partial charge >= 0.3 is 6.18 Å². The highest BCUT2D eigenvalue weighted by Crippen LogP contribution is 2.37. The Morgan fingerprint density at radius 1 is 1.21 bits per heavy atom. The van der Waals surface area contributed by atoms with E-state index in [0.717, 1.165) is 5.56 Å². The van der Waals surface area contributed by atoms with E-state index in [0.29, 0.717) is 43.9 Å². The molecule has 0 heterocycles. The number of carbonyl (C=O) groups is 1. The van der Waals surface area contributed by atoms with Gasteiger partial charge in [0.2, 0.25) is 0 Å². The zero-order valence-corrected chi connectivity index (χ0v) is 16.4. The van der Waals surface area contributed by atoms with Crippen molar-refractivity contribution in [1.29, 1.82) is 0 Å². The molecule has 0 atom stereocenters. The van der Waals surface area contributed by atoms with Crippen molar-refractivity contribution < 1.29 is 18.0 Å². The number of alkyl halides is 3. The number of guanidine groups is 1. The van der Waals surface area contributed by atoms with Gasteiger partial charge in [-0.25, -0.2) is 0 Å². The first-order chi connectivity index (χ1) is 13.3. The quantitative estimate of drug-likeness (QED) is 0.509. The Kier molecular flexibility index (Phi) is 8.14. The van der Waals surface area contributed by atoms with Crippen molar-refractivity contribution in [1.82, 2.24) is 16.0 Å². The predicted molar refractivity (Wildman–Crippen MR) is 104 cm³/mol. The first kappa shape index (κ1) is 22.0. The van der Waals surface area contributed by atoms with E-state index >= 15 is 0 Å². The molecular weight excluding hydrogens is 369 g/mol. The Balaban J connectivity index is 1.88. The molecule has 0 saturated heterocycles. The fraction of sp³-hybridized carbons (Fsp3) is 0.600. The lowest BCUT2D eigenvalue weighted by atomic mass is 9.85. The summed E-state index contributed by atoms with van der Waals surface area (Å²) in [7, 11) is 1.59. The van der Waals surface area contributed by atoms with Crippen molar-refractivity contribution in [2.24, 2.45) is 10.9 Å². The van der Waals surface area contributed by atoms with Gasteiger partial charge in [-0.3, -0.25) is 9.79 Å². The van der Waals surface area contributed by atoms with Gasteiger partial charge in [0.15, 0.2) is 5.96 Å². The molecule has 1 aromatic carbocycles. The van der Waals surface area contributed by atoms with E-state index in [-0.39, 0.29) is 24.8 Å². The van der Waals surface area contributed by atoms with Gasteiger partial charge in [0.05, 0.1) is 5.92 Å². The highest BCUT2D eigenvalue weighted by atomic mass is 19.4. The summed E-state index contributed by atoms with van der Waals surface area (Å²) in [5, 5.41) is 9.01. The third-order valence-corrected chi connectivity index (χ3v) is 4.96. The average Bonchev–Trinajstić information content (AvgIpc) is 2.67. The molecule has 156 valence electrons. The predicted octanol–water partition coefficient (Wildman–Crippen LogP) is 3.26. The average molecular weight is 398 g/mol. The van der Waals surface area contributed by atoms with Crippen LogP contribution in [0.5, 0.6) is 0 Å². The van der Waals surface area contributed by atoms with Crippen LogP contribution in [-0.2, 0) is 6.42 Å². The standard InChI is InChI=1S/C20H29F3N4O/c1-3-25-19(27-17-9-7-16(8-10-17)20(21,22)23)26-12-11-14-5-4-6-15(13-14)18(28)24-2/h4-6,13,16-17H,3,7-12H2,1-2H3,(H,24,28)(H2,25,26,27). The van der Waals surface area contributed by atoms with Crippen LogP contribution in [-0.4, -0.2) is 44.2 Å². The minimum atomic E-state index is -4.09. The van der Waals surface area contributed by atoms with E-state index in [2.05, 4.69) is 20.9 Å². The summed E-state index contributed by atoms with van der Waals surface area (Å²) < 4.78 is 38.4. The number of hydrogen-bond acceptors (Lipinski definition) is 2. The first-order valence-electron chi connectivity index (χ1n) is 9.76. The van der Waals surface area contributed by atoms with Gasteiger partial charge in [-0.05, 0) is 56.7 Å². The molecule has 1 aromatic rings. The Labute approximate surface area is 164 Å². The minimum absolute atomic E-state index is 0.00739. The third-order valence-electron chi connectivity index (χ3n) is 4.96. The highest BCUT2D eigenvalue weighted by molar-refractivity contribution is 5.94. The molecule has 5 nitrogen and oxygen atoms in total. The molecule has 1 fully saturated rings. The Bertz CT molecular complexity index is 668. The normalized spacial score (nSPS) is 20.5. The summed E-state index contributed by atoms with van der Waals surface area (Å²) in [6.45, 7) is 3.14. The second kappa shape index (κ2) is 10.3. The molecule has 0 spiro atoms.